The highest BCUT2D eigenvalue weighted by Gasteiger charge is 2.35. The van der Waals surface area contributed by atoms with Crippen molar-refractivity contribution in [2.75, 3.05) is 5.32 Å². The molecule has 3 aromatic rings. The Kier molecular flexibility index (Phi) is 6.29. The summed E-state index contributed by atoms with van der Waals surface area (Å²) < 4.78 is 45.7. The van der Waals surface area contributed by atoms with Gasteiger partial charge in [0, 0.05) is 12.6 Å². The minimum absolute atomic E-state index is 0.0422. The summed E-state index contributed by atoms with van der Waals surface area (Å²) in [6.45, 7) is 3.53. The van der Waals surface area contributed by atoms with Gasteiger partial charge in [-0.15, -0.1) is 0 Å². The van der Waals surface area contributed by atoms with Crippen molar-refractivity contribution in [3.63, 3.8) is 0 Å². The number of ether oxygens (including phenoxy) is 1. The van der Waals surface area contributed by atoms with Gasteiger partial charge in [-0.3, -0.25) is 10.1 Å². The molecule has 9 nitrogen and oxygen atoms in total. The molecule has 1 aromatic carbocycles. The van der Waals surface area contributed by atoms with Crippen LogP contribution < -0.4 is 10.1 Å². The maximum absolute atomic E-state index is 13.1. The smallest absolute Gasteiger partial charge is 0.435 e. The average Bonchev–Trinajstić information content (AvgIpc) is 3.10. The lowest BCUT2D eigenvalue weighted by molar-refractivity contribution is -0.384. The fourth-order valence-corrected chi connectivity index (χ4v) is 2.70. The summed E-state index contributed by atoms with van der Waals surface area (Å²) in [5.74, 6) is -0.0944. The average molecular weight is 457 g/mol. The molecule has 0 amide bonds. The van der Waals surface area contributed by atoms with Crippen LogP contribution in [0.15, 0.2) is 36.5 Å². The van der Waals surface area contributed by atoms with Crippen LogP contribution in [0.2, 0.25) is 5.28 Å². The Balaban J connectivity index is 1.82. The topological polar surface area (TPSA) is 108 Å². The molecule has 3 rings (SSSR count). The Labute approximate surface area is 179 Å². The first-order chi connectivity index (χ1) is 14.5. The standard InChI is InChI=1S/C18H16ClF3N6O3/c1-10(2)31-15-7-14(18(20,21)22)26-27(15)12-5-3-11(4-6-12)8-23-16-13(28(29)30)9-24-17(19)25-16/h3-7,9-10H,8H2,1-2H3,(H,23,24,25). The first-order valence-electron chi connectivity index (χ1n) is 8.88. The number of nitro groups is 1. The molecule has 0 atom stereocenters. The van der Waals surface area contributed by atoms with E-state index < -0.39 is 16.8 Å². The largest absolute Gasteiger partial charge is 0.475 e. The van der Waals surface area contributed by atoms with Crippen LogP contribution in [0.4, 0.5) is 24.7 Å². The second-order valence-electron chi connectivity index (χ2n) is 6.59. The molecule has 2 heterocycles. The highest BCUT2D eigenvalue weighted by molar-refractivity contribution is 6.28. The number of halogens is 4. The highest BCUT2D eigenvalue weighted by atomic mass is 35.5. The number of rotatable bonds is 7. The zero-order valence-corrected chi connectivity index (χ0v) is 17.0. The van der Waals surface area contributed by atoms with Crippen LogP contribution in [0.25, 0.3) is 5.69 Å². The quantitative estimate of drug-likeness (QED) is 0.313. The molecule has 0 saturated heterocycles. The van der Waals surface area contributed by atoms with Crippen LogP contribution in [0, 0.1) is 10.1 Å². The third kappa shape index (κ3) is 5.40. The van der Waals surface area contributed by atoms with Crippen molar-refractivity contribution in [2.24, 2.45) is 0 Å². The van der Waals surface area contributed by atoms with E-state index in [2.05, 4.69) is 20.4 Å². The third-order valence-corrected chi connectivity index (χ3v) is 4.08. The molecule has 0 aliphatic heterocycles. The zero-order chi connectivity index (χ0) is 22.8. The van der Waals surface area contributed by atoms with Crippen LogP contribution in [-0.4, -0.2) is 30.8 Å². The number of nitrogens with one attached hydrogen (secondary N) is 1. The number of hydrogen-bond acceptors (Lipinski definition) is 7. The van der Waals surface area contributed by atoms with Crippen LogP contribution >= 0.6 is 11.6 Å². The number of nitrogens with zero attached hydrogens (tertiary/aromatic N) is 5. The number of alkyl halides is 3. The summed E-state index contributed by atoms with van der Waals surface area (Å²) in [7, 11) is 0. The predicted octanol–water partition coefficient (Wildman–Crippen LogP) is 4.64. The number of benzene rings is 1. The molecule has 0 spiro atoms. The second-order valence-corrected chi connectivity index (χ2v) is 6.93. The van der Waals surface area contributed by atoms with E-state index in [0.29, 0.717) is 11.3 Å². The lowest BCUT2D eigenvalue weighted by Crippen LogP contribution is -2.10. The Morgan fingerprint density at radius 1 is 1.29 bits per heavy atom. The van der Waals surface area contributed by atoms with Crippen molar-refractivity contribution >= 4 is 23.1 Å². The monoisotopic (exact) mass is 456 g/mol. The molecule has 0 aliphatic carbocycles. The van der Waals surface area contributed by atoms with Gasteiger partial charge in [0.15, 0.2) is 5.69 Å². The van der Waals surface area contributed by atoms with Gasteiger partial charge < -0.3 is 10.1 Å². The summed E-state index contributed by atoms with van der Waals surface area (Å²) in [6.07, 6.45) is -3.97. The molecule has 0 unspecified atom stereocenters. The van der Waals surface area contributed by atoms with E-state index in [1.165, 1.54) is 0 Å². The Morgan fingerprint density at radius 2 is 1.97 bits per heavy atom. The number of anilines is 1. The minimum atomic E-state index is -4.61. The number of aromatic nitrogens is 4. The van der Waals surface area contributed by atoms with Crippen molar-refractivity contribution in [1.82, 2.24) is 19.7 Å². The minimum Gasteiger partial charge on any atom is -0.475 e. The molecule has 0 saturated carbocycles. The van der Waals surface area contributed by atoms with E-state index in [1.807, 2.05) is 0 Å². The van der Waals surface area contributed by atoms with Gasteiger partial charge in [0.25, 0.3) is 0 Å². The first kappa shape index (κ1) is 22.3. The van der Waals surface area contributed by atoms with Gasteiger partial charge in [0.1, 0.15) is 6.20 Å². The van der Waals surface area contributed by atoms with Crippen LogP contribution in [0.5, 0.6) is 5.88 Å². The molecule has 0 aliphatic rings. The molecular formula is C18H16ClF3N6O3. The highest BCUT2D eigenvalue weighted by Crippen LogP contribution is 2.32. The van der Waals surface area contributed by atoms with E-state index in [-0.39, 0.29) is 35.3 Å². The molecule has 13 heteroatoms. The SMILES string of the molecule is CC(C)Oc1cc(C(F)(F)F)nn1-c1ccc(CNc2nc(Cl)ncc2[N+](=O)[O-])cc1. The van der Waals surface area contributed by atoms with E-state index in [0.717, 1.165) is 16.9 Å². The van der Waals surface area contributed by atoms with Crippen molar-refractivity contribution in [1.29, 1.82) is 0 Å². The van der Waals surface area contributed by atoms with Gasteiger partial charge in [-0.05, 0) is 43.1 Å². The third-order valence-electron chi connectivity index (χ3n) is 3.90. The molecule has 0 fully saturated rings. The lowest BCUT2D eigenvalue weighted by atomic mass is 10.2. The van der Waals surface area contributed by atoms with Gasteiger partial charge in [-0.25, -0.2) is 9.67 Å². The molecule has 0 radical (unpaired) electrons. The van der Waals surface area contributed by atoms with Crippen molar-refractivity contribution in [3.8, 4) is 11.6 Å². The predicted molar refractivity (Wildman–Crippen MR) is 105 cm³/mol. The molecule has 31 heavy (non-hydrogen) atoms. The van der Waals surface area contributed by atoms with Crippen molar-refractivity contribution in [2.45, 2.75) is 32.7 Å². The molecule has 2 aromatic heterocycles. The fourth-order valence-electron chi connectivity index (χ4n) is 2.57. The van der Waals surface area contributed by atoms with Crippen LogP contribution in [0.3, 0.4) is 0 Å². The summed E-state index contributed by atoms with van der Waals surface area (Å²) in [5.41, 5.74) is -0.372. The van der Waals surface area contributed by atoms with Gasteiger partial charge in [-0.2, -0.15) is 23.3 Å². The fraction of sp³-hybridized carbons (Fsp3) is 0.278. The molecular weight excluding hydrogens is 441 g/mol. The van der Waals surface area contributed by atoms with E-state index in [9.17, 15) is 23.3 Å². The van der Waals surface area contributed by atoms with Gasteiger partial charge in [0.2, 0.25) is 17.0 Å². The Hall–Kier alpha value is -3.41. The molecule has 1 N–H and O–H groups in total. The van der Waals surface area contributed by atoms with Gasteiger partial charge in [-0.1, -0.05) is 12.1 Å². The van der Waals surface area contributed by atoms with Gasteiger partial charge in [0.05, 0.1) is 16.7 Å². The molecule has 0 bridgehead atoms. The van der Waals surface area contributed by atoms with E-state index in [1.54, 1.807) is 38.1 Å². The summed E-state index contributed by atoms with van der Waals surface area (Å²) in [4.78, 5) is 17.8. The zero-order valence-electron chi connectivity index (χ0n) is 16.2. The van der Waals surface area contributed by atoms with Crippen molar-refractivity contribution in [3.05, 3.63) is 63.2 Å². The summed E-state index contributed by atoms with van der Waals surface area (Å²) in [5, 5.41) is 17.3. The Bertz CT molecular complexity index is 1090. The van der Waals surface area contributed by atoms with Gasteiger partial charge >= 0.3 is 11.9 Å². The second kappa shape index (κ2) is 8.76. The summed E-state index contributed by atoms with van der Waals surface area (Å²) >= 11 is 5.69. The van der Waals surface area contributed by atoms with Crippen LogP contribution in [0.1, 0.15) is 25.1 Å². The number of hydrogen-bond donors (Lipinski definition) is 1. The maximum atomic E-state index is 13.1. The Morgan fingerprint density at radius 3 is 2.55 bits per heavy atom. The van der Waals surface area contributed by atoms with E-state index >= 15 is 0 Å². The first-order valence-corrected chi connectivity index (χ1v) is 9.26. The van der Waals surface area contributed by atoms with Crippen molar-refractivity contribution < 1.29 is 22.8 Å². The normalized spacial score (nSPS) is 11.6. The lowest BCUT2D eigenvalue weighted by Gasteiger charge is -2.12. The summed E-state index contributed by atoms with van der Waals surface area (Å²) in [6, 6.07) is 7.21. The van der Waals surface area contributed by atoms with E-state index in [4.69, 9.17) is 16.3 Å². The molecule has 164 valence electrons. The van der Waals surface area contributed by atoms with Crippen LogP contribution in [-0.2, 0) is 12.7 Å². The maximum Gasteiger partial charge on any atom is 0.435 e.